The molecular formula is C10H14N2O2S. The Morgan fingerprint density at radius 1 is 1.73 bits per heavy atom. The summed E-state index contributed by atoms with van der Waals surface area (Å²) in [6.45, 7) is 2.84. The third-order valence-corrected chi connectivity index (χ3v) is 3.04. The Hall–Kier alpha value is -1.10. The number of hydrogen-bond acceptors (Lipinski definition) is 4. The van der Waals surface area contributed by atoms with Crippen molar-refractivity contribution in [3.05, 3.63) is 16.6 Å². The number of nitrogens with zero attached hydrogens (tertiary/aromatic N) is 2. The van der Waals surface area contributed by atoms with Gasteiger partial charge < -0.3 is 4.74 Å². The van der Waals surface area contributed by atoms with E-state index in [0.717, 1.165) is 17.8 Å². The highest BCUT2D eigenvalue weighted by Gasteiger charge is 2.33. The number of hydrogen-bond donors (Lipinski definition) is 0. The highest BCUT2D eigenvalue weighted by atomic mass is 32.1. The first kappa shape index (κ1) is 10.4. The van der Waals surface area contributed by atoms with E-state index in [2.05, 4.69) is 4.98 Å². The van der Waals surface area contributed by atoms with Gasteiger partial charge in [-0.05, 0) is 19.8 Å². The molecule has 15 heavy (non-hydrogen) atoms. The van der Waals surface area contributed by atoms with Crippen LogP contribution < -0.4 is 0 Å². The minimum Gasteiger partial charge on any atom is -0.450 e. The molecule has 4 nitrogen and oxygen atoms in total. The van der Waals surface area contributed by atoms with E-state index in [-0.39, 0.29) is 6.09 Å². The molecule has 0 radical (unpaired) electrons. The van der Waals surface area contributed by atoms with Gasteiger partial charge in [-0.3, -0.25) is 4.90 Å². The quantitative estimate of drug-likeness (QED) is 0.791. The normalized spacial score (nSPS) is 15.0. The lowest BCUT2D eigenvalue weighted by Crippen LogP contribution is -2.33. The molecule has 1 heterocycles. The average molecular weight is 226 g/mol. The van der Waals surface area contributed by atoms with Crippen LogP contribution in [0, 0.1) is 0 Å². The fourth-order valence-corrected chi connectivity index (χ4v) is 2.03. The first-order valence-corrected chi connectivity index (χ1v) is 6.01. The third kappa shape index (κ3) is 2.68. The highest BCUT2D eigenvalue weighted by Crippen LogP contribution is 2.29. The predicted molar refractivity (Wildman–Crippen MR) is 57.7 cm³/mol. The van der Waals surface area contributed by atoms with Gasteiger partial charge in [0.2, 0.25) is 0 Å². The first-order chi connectivity index (χ1) is 7.31. The van der Waals surface area contributed by atoms with E-state index in [4.69, 9.17) is 4.74 Å². The Morgan fingerprint density at radius 2 is 2.53 bits per heavy atom. The van der Waals surface area contributed by atoms with Crippen molar-refractivity contribution in [3.63, 3.8) is 0 Å². The molecule has 0 aliphatic heterocycles. The molecule has 5 heteroatoms. The van der Waals surface area contributed by atoms with Gasteiger partial charge in [-0.15, -0.1) is 11.3 Å². The fourth-order valence-electron chi connectivity index (χ4n) is 1.41. The van der Waals surface area contributed by atoms with E-state index in [1.54, 1.807) is 22.4 Å². The van der Waals surface area contributed by atoms with E-state index in [9.17, 15) is 4.79 Å². The minimum atomic E-state index is -0.213. The van der Waals surface area contributed by atoms with Crippen LogP contribution in [0.3, 0.4) is 0 Å². The van der Waals surface area contributed by atoms with Crippen molar-refractivity contribution in [1.29, 1.82) is 0 Å². The summed E-state index contributed by atoms with van der Waals surface area (Å²) in [6.07, 6.45) is 3.72. The van der Waals surface area contributed by atoms with E-state index in [1.165, 1.54) is 0 Å². The molecule has 2 rings (SSSR count). The lowest BCUT2D eigenvalue weighted by Gasteiger charge is -2.19. The summed E-state index contributed by atoms with van der Waals surface area (Å²) in [5.74, 6) is 0. The van der Waals surface area contributed by atoms with Crippen LogP contribution in [0.25, 0.3) is 0 Å². The summed E-state index contributed by atoms with van der Waals surface area (Å²) in [7, 11) is 0. The Balaban J connectivity index is 1.97. The van der Waals surface area contributed by atoms with Crippen LogP contribution in [0.15, 0.2) is 11.6 Å². The maximum Gasteiger partial charge on any atom is 0.410 e. The zero-order valence-corrected chi connectivity index (χ0v) is 9.50. The number of thiazole rings is 1. The zero-order valence-electron chi connectivity index (χ0n) is 8.68. The van der Waals surface area contributed by atoms with Gasteiger partial charge in [-0.2, -0.15) is 0 Å². The van der Waals surface area contributed by atoms with Crippen molar-refractivity contribution in [1.82, 2.24) is 9.88 Å². The van der Waals surface area contributed by atoms with E-state index >= 15 is 0 Å². The third-order valence-electron chi connectivity index (χ3n) is 2.28. The lowest BCUT2D eigenvalue weighted by atomic mass is 10.5. The predicted octanol–water partition coefficient (Wildman–Crippen LogP) is 2.26. The molecule has 1 aliphatic carbocycles. The molecular weight excluding hydrogens is 212 g/mol. The molecule has 82 valence electrons. The van der Waals surface area contributed by atoms with Crippen LogP contribution in [-0.4, -0.2) is 28.6 Å². The van der Waals surface area contributed by atoms with Crippen LogP contribution in [-0.2, 0) is 11.3 Å². The van der Waals surface area contributed by atoms with Gasteiger partial charge in [0.15, 0.2) is 0 Å². The summed E-state index contributed by atoms with van der Waals surface area (Å²) >= 11 is 1.57. The molecule has 1 saturated carbocycles. The average Bonchev–Trinajstić information content (AvgIpc) is 2.93. The van der Waals surface area contributed by atoms with Crippen molar-refractivity contribution in [2.75, 3.05) is 6.61 Å². The first-order valence-electron chi connectivity index (χ1n) is 5.13. The SMILES string of the molecule is CCOC(=O)N(Cc1nccs1)C1CC1. The van der Waals surface area contributed by atoms with Crippen LogP contribution in [0.1, 0.15) is 24.8 Å². The number of rotatable bonds is 4. The maximum atomic E-state index is 11.6. The second-order valence-electron chi connectivity index (χ2n) is 3.48. The van der Waals surface area contributed by atoms with E-state index < -0.39 is 0 Å². The van der Waals surface area contributed by atoms with Crippen molar-refractivity contribution < 1.29 is 9.53 Å². The minimum absolute atomic E-state index is 0.213. The second-order valence-corrected chi connectivity index (χ2v) is 4.46. The van der Waals surface area contributed by atoms with Gasteiger partial charge in [0.1, 0.15) is 5.01 Å². The van der Waals surface area contributed by atoms with Gasteiger partial charge in [-0.25, -0.2) is 9.78 Å². The molecule has 0 unspecified atom stereocenters. The largest absolute Gasteiger partial charge is 0.450 e. The van der Waals surface area contributed by atoms with Crippen molar-refractivity contribution in [3.8, 4) is 0 Å². The number of amides is 1. The van der Waals surface area contributed by atoms with Crippen molar-refractivity contribution in [2.45, 2.75) is 32.4 Å². The zero-order chi connectivity index (χ0) is 10.7. The molecule has 0 atom stereocenters. The van der Waals surface area contributed by atoms with Gasteiger partial charge in [0.25, 0.3) is 0 Å². The fraction of sp³-hybridized carbons (Fsp3) is 0.600. The van der Waals surface area contributed by atoms with Gasteiger partial charge in [0.05, 0.1) is 13.2 Å². The summed E-state index contributed by atoms with van der Waals surface area (Å²) in [6, 6.07) is 0.368. The monoisotopic (exact) mass is 226 g/mol. The molecule has 0 aromatic carbocycles. The van der Waals surface area contributed by atoms with Crippen LogP contribution in [0.2, 0.25) is 0 Å². The molecule has 0 N–H and O–H groups in total. The second kappa shape index (κ2) is 4.61. The molecule has 1 amide bonds. The Kier molecular flexibility index (Phi) is 3.20. The maximum absolute atomic E-state index is 11.6. The number of carbonyl (C=O) groups is 1. The summed E-state index contributed by atoms with van der Waals surface area (Å²) in [5, 5.41) is 2.89. The Morgan fingerprint density at radius 3 is 3.07 bits per heavy atom. The summed E-state index contributed by atoms with van der Waals surface area (Å²) in [5.41, 5.74) is 0. The molecule has 1 fully saturated rings. The van der Waals surface area contributed by atoms with E-state index in [1.807, 2.05) is 12.3 Å². The number of ether oxygens (including phenoxy) is 1. The van der Waals surface area contributed by atoms with Crippen LogP contribution in [0.4, 0.5) is 4.79 Å². The molecule has 0 spiro atoms. The molecule has 1 aromatic heterocycles. The number of aromatic nitrogens is 1. The summed E-state index contributed by atoms with van der Waals surface area (Å²) < 4.78 is 5.02. The Labute approximate surface area is 92.9 Å². The van der Waals surface area contributed by atoms with E-state index in [0.29, 0.717) is 19.2 Å². The lowest BCUT2D eigenvalue weighted by molar-refractivity contribution is 0.102. The van der Waals surface area contributed by atoms with Gasteiger partial charge in [0, 0.05) is 17.6 Å². The molecule has 1 aliphatic rings. The van der Waals surface area contributed by atoms with Crippen molar-refractivity contribution in [2.24, 2.45) is 0 Å². The Bertz CT molecular complexity index is 322. The highest BCUT2D eigenvalue weighted by molar-refractivity contribution is 7.09. The standard InChI is InChI=1S/C10H14N2O2S/c1-2-14-10(13)12(8-3-4-8)7-9-11-5-6-15-9/h5-6,8H,2-4,7H2,1H3. The topological polar surface area (TPSA) is 42.4 Å². The van der Waals surface area contributed by atoms with Crippen LogP contribution in [0.5, 0.6) is 0 Å². The molecule has 0 saturated heterocycles. The van der Waals surface area contributed by atoms with Crippen LogP contribution >= 0.6 is 11.3 Å². The van der Waals surface area contributed by atoms with Gasteiger partial charge >= 0.3 is 6.09 Å². The van der Waals surface area contributed by atoms with Crippen molar-refractivity contribution >= 4 is 17.4 Å². The number of carbonyl (C=O) groups excluding carboxylic acids is 1. The summed E-state index contributed by atoms with van der Waals surface area (Å²) in [4.78, 5) is 17.6. The smallest absolute Gasteiger partial charge is 0.410 e. The molecule has 1 aromatic rings. The van der Waals surface area contributed by atoms with Gasteiger partial charge in [-0.1, -0.05) is 0 Å². The molecule has 0 bridgehead atoms.